The molecule has 5 heteroatoms. The molecule has 0 amide bonds. The van der Waals surface area contributed by atoms with Crippen molar-refractivity contribution in [1.82, 2.24) is 0 Å². The van der Waals surface area contributed by atoms with Crippen LogP contribution in [0.4, 0.5) is 5.69 Å². The van der Waals surface area contributed by atoms with Gasteiger partial charge in [-0.3, -0.25) is 4.79 Å². The SMILES string of the molecule is CCOc1ccc(CC(C(=O)O)c2ccc(N)cc2)c(OCC)c1. The summed E-state index contributed by atoms with van der Waals surface area (Å²) in [7, 11) is 0. The second-order valence-electron chi connectivity index (χ2n) is 5.40. The van der Waals surface area contributed by atoms with Crippen molar-refractivity contribution >= 4 is 11.7 Å². The maximum absolute atomic E-state index is 11.7. The third-order valence-corrected chi connectivity index (χ3v) is 3.71. The fourth-order valence-corrected chi connectivity index (χ4v) is 2.55. The first-order valence-electron chi connectivity index (χ1n) is 8.01. The molecule has 1 atom stereocenters. The maximum atomic E-state index is 11.7. The lowest BCUT2D eigenvalue weighted by molar-refractivity contribution is -0.138. The van der Waals surface area contributed by atoms with Gasteiger partial charge in [0.25, 0.3) is 0 Å². The Labute approximate surface area is 142 Å². The van der Waals surface area contributed by atoms with E-state index in [1.807, 2.05) is 32.0 Å². The molecule has 2 aromatic rings. The summed E-state index contributed by atoms with van der Waals surface area (Å²) < 4.78 is 11.2. The second-order valence-corrected chi connectivity index (χ2v) is 5.40. The highest BCUT2D eigenvalue weighted by atomic mass is 16.5. The van der Waals surface area contributed by atoms with Gasteiger partial charge < -0.3 is 20.3 Å². The van der Waals surface area contributed by atoms with Crippen LogP contribution in [0.1, 0.15) is 30.9 Å². The Morgan fingerprint density at radius 3 is 2.33 bits per heavy atom. The first kappa shape index (κ1) is 17.7. The van der Waals surface area contributed by atoms with Gasteiger partial charge in [-0.05, 0) is 49.6 Å². The number of hydrogen-bond donors (Lipinski definition) is 2. The van der Waals surface area contributed by atoms with Crippen LogP contribution in [0.25, 0.3) is 0 Å². The monoisotopic (exact) mass is 329 g/mol. The number of hydrogen-bond acceptors (Lipinski definition) is 4. The first-order valence-corrected chi connectivity index (χ1v) is 8.01. The minimum absolute atomic E-state index is 0.334. The molecule has 0 aromatic heterocycles. The summed E-state index contributed by atoms with van der Waals surface area (Å²) in [6, 6.07) is 12.4. The molecule has 128 valence electrons. The zero-order valence-electron chi connectivity index (χ0n) is 14.0. The molecule has 3 N–H and O–H groups in total. The highest BCUT2D eigenvalue weighted by Gasteiger charge is 2.22. The maximum Gasteiger partial charge on any atom is 0.311 e. The number of ether oxygens (including phenoxy) is 2. The molecule has 0 saturated carbocycles. The molecule has 2 aromatic carbocycles. The zero-order chi connectivity index (χ0) is 17.5. The third kappa shape index (κ3) is 4.41. The average Bonchev–Trinajstić information content (AvgIpc) is 2.55. The van der Waals surface area contributed by atoms with Gasteiger partial charge in [0, 0.05) is 11.8 Å². The largest absolute Gasteiger partial charge is 0.494 e. The molecule has 0 saturated heterocycles. The van der Waals surface area contributed by atoms with Gasteiger partial charge in [0.15, 0.2) is 0 Å². The summed E-state index contributed by atoms with van der Waals surface area (Å²) in [6.45, 7) is 4.87. The van der Waals surface area contributed by atoms with Gasteiger partial charge in [-0.1, -0.05) is 18.2 Å². The van der Waals surface area contributed by atoms with E-state index in [9.17, 15) is 9.90 Å². The van der Waals surface area contributed by atoms with Crippen molar-refractivity contribution < 1.29 is 19.4 Å². The molecular formula is C19H23NO4. The van der Waals surface area contributed by atoms with Gasteiger partial charge >= 0.3 is 5.97 Å². The van der Waals surface area contributed by atoms with Crippen LogP contribution in [-0.4, -0.2) is 24.3 Å². The number of anilines is 1. The number of benzene rings is 2. The Bertz CT molecular complexity index is 682. The summed E-state index contributed by atoms with van der Waals surface area (Å²) in [5.74, 6) is -0.173. The van der Waals surface area contributed by atoms with Gasteiger partial charge in [0.05, 0.1) is 19.1 Å². The van der Waals surface area contributed by atoms with Gasteiger partial charge in [0.2, 0.25) is 0 Å². The van der Waals surface area contributed by atoms with Gasteiger partial charge in [0.1, 0.15) is 11.5 Å². The smallest absolute Gasteiger partial charge is 0.311 e. The van der Waals surface area contributed by atoms with E-state index in [1.54, 1.807) is 24.3 Å². The molecule has 0 radical (unpaired) electrons. The summed E-state index contributed by atoms with van der Waals surface area (Å²) in [4.78, 5) is 11.7. The molecule has 0 heterocycles. The Kier molecular flexibility index (Phi) is 6.07. The molecule has 0 bridgehead atoms. The number of carbonyl (C=O) groups is 1. The predicted octanol–water partition coefficient (Wildman–Crippen LogP) is 3.48. The van der Waals surface area contributed by atoms with Crippen LogP contribution in [0.15, 0.2) is 42.5 Å². The highest BCUT2D eigenvalue weighted by Crippen LogP contribution is 2.30. The molecule has 2 rings (SSSR count). The summed E-state index contributed by atoms with van der Waals surface area (Å²) in [5, 5.41) is 9.62. The first-order chi connectivity index (χ1) is 11.5. The molecule has 0 aliphatic carbocycles. The molecule has 0 aliphatic rings. The fourth-order valence-electron chi connectivity index (χ4n) is 2.55. The van der Waals surface area contributed by atoms with Crippen LogP contribution in [0.2, 0.25) is 0 Å². The van der Waals surface area contributed by atoms with E-state index in [0.29, 0.717) is 42.4 Å². The van der Waals surface area contributed by atoms with E-state index in [1.165, 1.54) is 0 Å². The number of aliphatic carboxylic acids is 1. The van der Waals surface area contributed by atoms with Crippen molar-refractivity contribution in [2.45, 2.75) is 26.2 Å². The van der Waals surface area contributed by atoms with Crippen LogP contribution in [0, 0.1) is 0 Å². The van der Waals surface area contributed by atoms with E-state index >= 15 is 0 Å². The zero-order valence-corrected chi connectivity index (χ0v) is 14.0. The lowest BCUT2D eigenvalue weighted by Gasteiger charge is -2.17. The molecule has 1 unspecified atom stereocenters. The number of carboxylic acid groups (broad SMARTS) is 1. The summed E-state index contributed by atoms with van der Waals surface area (Å²) in [6.07, 6.45) is 0.334. The van der Waals surface area contributed by atoms with Crippen molar-refractivity contribution in [3.63, 3.8) is 0 Å². The normalized spacial score (nSPS) is 11.8. The summed E-state index contributed by atoms with van der Waals surface area (Å²) >= 11 is 0. The average molecular weight is 329 g/mol. The number of carboxylic acids is 1. The molecule has 0 aliphatic heterocycles. The van der Waals surface area contributed by atoms with Gasteiger partial charge in [-0.15, -0.1) is 0 Å². The lowest BCUT2D eigenvalue weighted by atomic mass is 9.91. The van der Waals surface area contributed by atoms with Crippen LogP contribution < -0.4 is 15.2 Å². The van der Waals surface area contributed by atoms with Crippen LogP contribution in [0.5, 0.6) is 11.5 Å². The lowest BCUT2D eigenvalue weighted by Crippen LogP contribution is -2.15. The fraction of sp³-hybridized carbons (Fsp3) is 0.316. The third-order valence-electron chi connectivity index (χ3n) is 3.71. The van der Waals surface area contributed by atoms with Crippen LogP contribution in [0.3, 0.4) is 0 Å². The minimum atomic E-state index is -0.879. The highest BCUT2D eigenvalue weighted by molar-refractivity contribution is 5.77. The van der Waals surface area contributed by atoms with E-state index in [0.717, 1.165) is 5.56 Å². The standard InChI is InChI=1S/C19H23NO4/c1-3-23-16-10-7-14(18(12-16)24-4-2)11-17(19(21)22)13-5-8-15(20)9-6-13/h5-10,12,17H,3-4,11,20H2,1-2H3,(H,21,22). The van der Waals surface area contributed by atoms with Gasteiger partial charge in [-0.2, -0.15) is 0 Å². The van der Waals surface area contributed by atoms with Crippen LogP contribution in [-0.2, 0) is 11.2 Å². The van der Waals surface area contributed by atoms with Crippen molar-refractivity contribution in [2.24, 2.45) is 0 Å². The van der Waals surface area contributed by atoms with Crippen LogP contribution >= 0.6 is 0 Å². The summed E-state index contributed by atoms with van der Waals surface area (Å²) in [5.41, 5.74) is 7.85. The topological polar surface area (TPSA) is 81.8 Å². The van der Waals surface area contributed by atoms with Crippen molar-refractivity contribution in [2.75, 3.05) is 18.9 Å². The second kappa shape index (κ2) is 8.24. The van der Waals surface area contributed by atoms with Crippen molar-refractivity contribution in [1.29, 1.82) is 0 Å². The number of rotatable bonds is 8. The van der Waals surface area contributed by atoms with E-state index in [2.05, 4.69) is 0 Å². The Hall–Kier alpha value is -2.69. The molecule has 0 spiro atoms. The number of nitrogens with two attached hydrogens (primary N) is 1. The van der Waals surface area contributed by atoms with E-state index < -0.39 is 11.9 Å². The quantitative estimate of drug-likeness (QED) is 0.725. The predicted molar refractivity (Wildman–Crippen MR) is 93.7 cm³/mol. The Morgan fingerprint density at radius 2 is 1.75 bits per heavy atom. The van der Waals surface area contributed by atoms with Gasteiger partial charge in [-0.25, -0.2) is 0 Å². The Morgan fingerprint density at radius 1 is 1.08 bits per heavy atom. The number of nitrogen functional groups attached to an aromatic ring is 1. The van der Waals surface area contributed by atoms with E-state index in [4.69, 9.17) is 15.2 Å². The van der Waals surface area contributed by atoms with Crippen molar-refractivity contribution in [3.8, 4) is 11.5 Å². The molecule has 24 heavy (non-hydrogen) atoms. The molecular weight excluding hydrogens is 306 g/mol. The molecule has 0 fully saturated rings. The van der Waals surface area contributed by atoms with Crippen molar-refractivity contribution in [3.05, 3.63) is 53.6 Å². The van der Waals surface area contributed by atoms with E-state index in [-0.39, 0.29) is 0 Å². The molecule has 5 nitrogen and oxygen atoms in total. The minimum Gasteiger partial charge on any atom is -0.494 e. The Balaban J connectivity index is 2.31.